The summed E-state index contributed by atoms with van der Waals surface area (Å²) in [6, 6.07) is 0. The van der Waals surface area contributed by atoms with Crippen LogP contribution in [0.1, 0.15) is 319 Å². The van der Waals surface area contributed by atoms with Gasteiger partial charge in [0.25, 0.3) is 0 Å². The monoisotopic (exact) mass is 1250 g/mol. The highest BCUT2D eigenvalue weighted by atomic mass is 31.2. The van der Waals surface area contributed by atoms with Crippen LogP contribution in [-0.2, 0) is 65.4 Å². The Balaban J connectivity index is 5.27. The van der Waals surface area contributed by atoms with E-state index in [0.717, 1.165) is 114 Å². The number of hydrogen-bond donors (Lipinski definition) is 3. The molecule has 0 amide bonds. The van der Waals surface area contributed by atoms with Crippen molar-refractivity contribution in [3.05, 3.63) is 0 Å². The maximum Gasteiger partial charge on any atom is 0.472 e. The van der Waals surface area contributed by atoms with Crippen molar-refractivity contribution in [2.24, 2.45) is 23.7 Å². The average Bonchev–Trinajstić information content (AvgIpc) is 3.51. The summed E-state index contributed by atoms with van der Waals surface area (Å²) < 4.78 is 68.1. The summed E-state index contributed by atoms with van der Waals surface area (Å²) in [6.07, 6.45) is 36.2. The number of hydrogen-bond acceptors (Lipinski definition) is 15. The molecule has 0 bridgehead atoms. The Morgan fingerprint density at radius 1 is 0.329 bits per heavy atom. The topological polar surface area (TPSA) is 237 Å². The third-order valence-electron chi connectivity index (χ3n) is 15.8. The second-order valence-corrected chi connectivity index (χ2v) is 28.2. The van der Waals surface area contributed by atoms with Gasteiger partial charge in [-0.05, 0) is 49.4 Å². The molecule has 0 aromatic heterocycles. The van der Waals surface area contributed by atoms with E-state index in [9.17, 15) is 43.2 Å². The van der Waals surface area contributed by atoms with Gasteiger partial charge in [-0.2, -0.15) is 0 Å². The molecule has 0 aromatic rings. The summed E-state index contributed by atoms with van der Waals surface area (Å²) in [5.74, 6) is 0.822. The number of phosphoric ester groups is 2. The van der Waals surface area contributed by atoms with Gasteiger partial charge in [0, 0.05) is 25.7 Å². The average molecular weight is 1260 g/mol. The summed E-state index contributed by atoms with van der Waals surface area (Å²) in [6.45, 7) is 14.0. The van der Waals surface area contributed by atoms with E-state index in [1.165, 1.54) is 122 Å². The zero-order valence-electron chi connectivity index (χ0n) is 55.2. The van der Waals surface area contributed by atoms with Crippen molar-refractivity contribution in [3.8, 4) is 0 Å². The Hall–Kier alpha value is -1.94. The lowest BCUT2D eigenvalue weighted by Crippen LogP contribution is -2.30. The summed E-state index contributed by atoms with van der Waals surface area (Å²) in [5.41, 5.74) is 0. The molecule has 0 spiro atoms. The van der Waals surface area contributed by atoms with Gasteiger partial charge in [0.05, 0.1) is 26.4 Å². The molecule has 0 aliphatic carbocycles. The molecule has 0 aliphatic heterocycles. The van der Waals surface area contributed by atoms with Crippen LogP contribution in [0.3, 0.4) is 0 Å². The number of esters is 4. The summed E-state index contributed by atoms with van der Waals surface area (Å²) in [7, 11) is -9.89. The Bertz CT molecular complexity index is 1700. The lowest BCUT2D eigenvalue weighted by Gasteiger charge is -2.21. The predicted octanol–water partition coefficient (Wildman–Crippen LogP) is 18.1. The van der Waals surface area contributed by atoms with Crippen LogP contribution in [0.2, 0.25) is 0 Å². The number of ether oxygens (including phenoxy) is 4. The van der Waals surface area contributed by atoms with Crippen LogP contribution in [0.15, 0.2) is 0 Å². The molecule has 0 aromatic carbocycles. The van der Waals surface area contributed by atoms with Crippen molar-refractivity contribution >= 4 is 39.5 Å². The SMILES string of the molecule is CCC(C)CCCCCCCCCCC(=O)OC[C@H](COP(=O)(O)OCC(O)COP(=O)(O)OC[C@@H](COC(=O)CCCCCCCCCCC(C)C)OC(=O)CCCCCCCCC(C)CC)OC(=O)CCCCCCCCCCCC(C)C. The number of aliphatic hydroxyl groups excluding tert-OH is 1. The van der Waals surface area contributed by atoms with Gasteiger partial charge >= 0.3 is 39.5 Å². The summed E-state index contributed by atoms with van der Waals surface area (Å²) in [4.78, 5) is 72.3. The molecule has 85 heavy (non-hydrogen) atoms. The lowest BCUT2D eigenvalue weighted by molar-refractivity contribution is -0.161. The Morgan fingerprint density at radius 3 is 0.835 bits per heavy atom. The fourth-order valence-corrected chi connectivity index (χ4v) is 11.3. The molecule has 0 fully saturated rings. The van der Waals surface area contributed by atoms with Crippen LogP contribution in [-0.4, -0.2) is 96.7 Å². The third kappa shape index (κ3) is 58.2. The van der Waals surface area contributed by atoms with Gasteiger partial charge in [-0.1, -0.05) is 267 Å². The van der Waals surface area contributed by atoms with E-state index in [1.54, 1.807) is 0 Å². The maximum atomic E-state index is 13.0. The van der Waals surface area contributed by atoms with Crippen LogP contribution < -0.4 is 0 Å². The first-order chi connectivity index (χ1) is 40.7. The molecular formula is C66H128O17P2. The first-order valence-corrected chi connectivity index (χ1v) is 37.3. The van der Waals surface area contributed by atoms with Gasteiger partial charge < -0.3 is 33.8 Å². The Morgan fingerprint density at radius 2 is 0.565 bits per heavy atom. The van der Waals surface area contributed by atoms with Crippen LogP contribution in [0.5, 0.6) is 0 Å². The molecule has 0 saturated carbocycles. The fourth-order valence-electron chi connectivity index (χ4n) is 9.72. The molecule has 0 radical (unpaired) electrons. The van der Waals surface area contributed by atoms with Crippen LogP contribution in [0, 0.1) is 23.7 Å². The number of phosphoric acid groups is 2. The van der Waals surface area contributed by atoms with Crippen LogP contribution in [0.4, 0.5) is 0 Å². The molecule has 0 aliphatic rings. The Kier molecular flexibility index (Phi) is 54.8. The lowest BCUT2D eigenvalue weighted by atomic mass is 9.99. The number of carbonyl (C=O) groups is 4. The van der Waals surface area contributed by atoms with E-state index in [0.29, 0.717) is 25.7 Å². The maximum absolute atomic E-state index is 13.0. The molecule has 19 heteroatoms. The van der Waals surface area contributed by atoms with Gasteiger partial charge in [-0.3, -0.25) is 37.3 Å². The first-order valence-electron chi connectivity index (χ1n) is 34.3. The van der Waals surface area contributed by atoms with E-state index in [4.69, 9.17) is 37.0 Å². The minimum atomic E-state index is -4.95. The molecule has 3 N–H and O–H groups in total. The third-order valence-corrected chi connectivity index (χ3v) is 17.7. The molecule has 5 unspecified atom stereocenters. The minimum Gasteiger partial charge on any atom is -0.462 e. The smallest absolute Gasteiger partial charge is 0.462 e. The van der Waals surface area contributed by atoms with Crippen molar-refractivity contribution in [1.29, 1.82) is 0 Å². The highest BCUT2D eigenvalue weighted by Gasteiger charge is 2.30. The zero-order chi connectivity index (χ0) is 63.2. The molecule has 17 nitrogen and oxygen atoms in total. The second-order valence-electron chi connectivity index (χ2n) is 25.3. The van der Waals surface area contributed by atoms with Gasteiger partial charge in [0.15, 0.2) is 12.2 Å². The van der Waals surface area contributed by atoms with Gasteiger partial charge in [-0.15, -0.1) is 0 Å². The summed E-state index contributed by atoms with van der Waals surface area (Å²) in [5, 5.41) is 10.6. The molecule has 7 atom stereocenters. The van der Waals surface area contributed by atoms with E-state index < -0.39 is 97.5 Å². The predicted molar refractivity (Wildman–Crippen MR) is 340 cm³/mol. The van der Waals surface area contributed by atoms with Crippen molar-refractivity contribution in [2.75, 3.05) is 39.6 Å². The van der Waals surface area contributed by atoms with Crippen molar-refractivity contribution in [1.82, 2.24) is 0 Å². The fraction of sp³-hybridized carbons (Fsp3) is 0.939. The van der Waals surface area contributed by atoms with E-state index in [2.05, 4.69) is 55.4 Å². The van der Waals surface area contributed by atoms with E-state index in [1.807, 2.05) is 0 Å². The number of unbranched alkanes of at least 4 members (excludes halogenated alkanes) is 27. The summed E-state index contributed by atoms with van der Waals surface area (Å²) >= 11 is 0. The quantitative estimate of drug-likeness (QED) is 0.0222. The van der Waals surface area contributed by atoms with Gasteiger partial charge in [-0.25, -0.2) is 9.13 Å². The Labute approximate surface area is 517 Å². The van der Waals surface area contributed by atoms with Crippen LogP contribution >= 0.6 is 15.6 Å². The van der Waals surface area contributed by atoms with Crippen molar-refractivity contribution in [2.45, 2.75) is 337 Å². The standard InChI is InChI=1S/C66H128O17P2/c1-9-58(7)44-36-28-20-15-17-22-31-39-47-64(69)76-52-61(82-65(70)48-40-32-23-13-11-12-18-26-34-42-56(3)4)54-80-84(72,73)78-50-60(67)51-79-85(74,75)81-55-62(83-66(71)49-41-33-25-24-29-37-45-59(8)10-2)53-77-63(68)46-38-30-21-16-14-19-27-35-43-57(5)6/h56-62,67H,9-55H2,1-8H3,(H,72,73)(H,74,75)/t58?,59?,60?,61-,62-/m1/s1. The zero-order valence-corrected chi connectivity index (χ0v) is 57.0. The van der Waals surface area contributed by atoms with Crippen molar-refractivity contribution < 1.29 is 80.2 Å². The minimum absolute atomic E-state index is 0.102. The van der Waals surface area contributed by atoms with Gasteiger partial charge in [0.1, 0.15) is 19.3 Å². The van der Waals surface area contributed by atoms with Gasteiger partial charge in [0.2, 0.25) is 0 Å². The van der Waals surface area contributed by atoms with Crippen LogP contribution in [0.25, 0.3) is 0 Å². The molecule has 504 valence electrons. The van der Waals surface area contributed by atoms with E-state index in [-0.39, 0.29) is 25.7 Å². The second kappa shape index (κ2) is 56.1. The normalized spacial score (nSPS) is 15.0. The van der Waals surface area contributed by atoms with E-state index >= 15 is 0 Å². The molecule has 0 heterocycles. The number of rotatable bonds is 63. The molecular weight excluding hydrogens is 1130 g/mol. The highest BCUT2D eigenvalue weighted by molar-refractivity contribution is 7.47. The molecule has 0 rings (SSSR count). The highest BCUT2D eigenvalue weighted by Crippen LogP contribution is 2.45. The number of carbonyl (C=O) groups excluding carboxylic acids is 4. The number of aliphatic hydroxyl groups is 1. The first kappa shape index (κ1) is 83.1. The van der Waals surface area contributed by atoms with Crippen molar-refractivity contribution in [3.63, 3.8) is 0 Å². The largest absolute Gasteiger partial charge is 0.472 e. The molecule has 0 saturated heterocycles.